The number of nitrogens with zero attached hydrogens (tertiary/aromatic N) is 1. The number of carbonyl (C=O) groups is 1. The molecule has 0 spiro atoms. The van der Waals surface area contributed by atoms with Gasteiger partial charge in [0.15, 0.2) is 0 Å². The molecule has 0 saturated heterocycles. The van der Waals surface area contributed by atoms with Crippen molar-refractivity contribution in [2.45, 2.75) is 51.5 Å². The largest absolute Gasteiger partial charge is 0.463 e. The zero-order valence-electron chi connectivity index (χ0n) is 18.1. The summed E-state index contributed by atoms with van der Waals surface area (Å²) >= 11 is 6.33. The average molecular weight is 460 g/mol. The first-order chi connectivity index (χ1) is 15.4. The molecular formula is C25H27ClFNO4. The molecule has 0 N–H and O–H groups in total. The molecule has 0 fully saturated rings. The quantitative estimate of drug-likeness (QED) is 0.207. The number of hydrogen-bond donors (Lipinski definition) is 0. The van der Waals surface area contributed by atoms with Gasteiger partial charge in [-0.3, -0.25) is 10.1 Å². The number of esters is 1. The van der Waals surface area contributed by atoms with Gasteiger partial charge in [-0.2, -0.15) is 0 Å². The Hall–Kier alpha value is -2.47. The highest BCUT2D eigenvalue weighted by atomic mass is 35.5. The van der Waals surface area contributed by atoms with Gasteiger partial charge >= 0.3 is 5.97 Å². The Balaban J connectivity index is 1.82. The standard InChI is InChI=1S/C25H27ClFNO4/c1-2-32-25(29)24-20(13-15-6-5-7-17(12-15)28(30)31)18-11-10-16(26)14-21(18)23(24)19-8-3-4-9-22(19)27/h4,9-12,14,17-18,20-21H,2-3,5-8,13H2,1H3. The summed E-state index contributed by atoms with van der Waals surface area (Å²) in [7, 11) is 0. The summed E-state index contributed by atoms with van der Waals surface area (Å²) in [6.07, 6.45) is 14.5. The Kier molecular flexibility index (Phi) is 6.79. The number of carbonyl (C=O) groups excluding carboxylic acids is 1. The molecule has 0 aromatic carbocycles. The average Bonchev–Trinajstić information content (AvgIpc) is 3.07. The third kappa shape index (κ3) is 4.38. The second-order valence-electron chi connectivity index (χ2n) is 8.71. The molecule has 0 amide bonds. The van der Waals surface area contributed by atoms with Gasteiger partial charge in [0.05, 0.1) is 6.61 Å². The number of allylic oxidation sites excluding steroid dienone is 10. The van der Waals surface area contributed by atoms with Crippen LogP contribution in [-0.4, -0.2) is 23.5 Å². The monoisotopic (exact) mass is 459 g/mol. The van der Waals surface area contributed by atoms with Crippen LogP contribution in [0.4, 0.5) is 4.39 Å². The van der Waals surface area contributed by atoms with E-state index in [1.165, 1.54) is 6.08 Å². The fraction of sp³-hybridized carbons (Fsp3) is 0.480. The molecule has 4 aliphatic carbocycles. The molecule has 5 nitrogen and oxygen atoms in total. The third-order valence-electron chi connectivity index (χ3n) is 6.80. The van der Waals surface area contributed by atoms with E-state index in [1.807, 2.05) is 18.2 Å². The van der Waals surface area contributed by atoms with E-state index in [0.29, 0.717) is 47.4 Å². The van der Waals surface area contributed by atoms with Gasteiger partial charge in [-0.25, -0.2) is 9.18 Å². The van der Waals surface area contributed by atoms with Gasteiger partial charge in [0.25, 0.3) is 0 Å². The van der Waals surface area contributed by atoms with Crippen molar-refractivity contribution in [1.29, 1.82) is 0 Å². The SMILES string of the molecule is CCOC(=O)C1=C(C2=C(F)C=CCC2)C2C=C(Cl)C=CC2C1CC1=CC([N+](=O)[O-])CCC1. The molecule has 4 unspecified atom stereocenters. The summed E-state index contributed by atoms with van der Waals surface area (Å²) in [5.74, 6) is -1.29. The summed E-state index contributed by atoms with van der Waals surface area (Å²) in [5, 5.41) is 11.9. The van der Waals surface area contributed by atoms with Crippen LogP contribution in [0, 0.1) is 27.9 Å². The molecule has 32 heavy (non-hydrogen) atoms. The summed E-state index contributed by atoms with van der Waals surface area (Å²) < 4.78 is 20.4. The van der Waals surface area contributed by atoms with E-state index >= 15 is 0 Å². The van der Waals surface area contributed by atoms with Crippen LogP contribution in [0.15, 0.2) is 69.6 Å². The van der Waals surface area contributed by atoms with E-state index in [-0.39, 0.29) is 35.1 Å². The van der Waals surface area contributed by atoms with Crippen LogP contribution in [0.2, 0.25) is 0 Å². The normalized spacial score (nSPS) is 29.6. The summed E-state index contributed by atoms with van der Waals surface area (Å²) in [5.41, 5.74) is 2.71. The fourth-order valence-electron chi connectivity index (χ4n) is 5.46. The van der Waals surface area contributed by atoms with E-state index in [1.54, 1.807) is 19.1 Å². The first-order valence-electron chi connectivity index (χ1n) is 11.3. The minimum atomic E-state index is -0.690. The van der Waals surface area contributed by atoms with Gasteiger partial charge in [0.2, 0.25) is 6.04 Å². The Morgan fingerprint density at radius 2 is 2.12 bits per heavy atom. The molecule has 0 saturated carbocycles. The maximum atomic E-state index is 15.0. The van der Waals surface area contributed by atoms with Crippen LogP contribution in [0.25, 0.3) is 0 Å². The predicted octanol–water partition coefficient (Wildman–Crippen LogP) is 6.12. The van der Waals surface area contributed by atoms with Gasteiger partial charge in [-0.1, -0.05) is 35.4 Å². The minimum Gasteiger partial charge on any atom is -0.463 e. The smallest absolute Gasteiger partial charge is 0.334 e. The van der Waals surface area contributed by atoms with Crippen LogP contribution in [0.1, 0.15) is 45.4 Å². The number of fused-ring (bicyclic) bond motifs is 1. The maximum Gasteiger partial charge on any atom is 0.334 e. The van der Waals surface area contributed by atoms with Crippen LogP contribution < -0.4 is 0 Å². The lowest BCUT2D eigenvalue weighted by molar-refractivity contribution is -0.511. The van der Waals surface area contributed by atoms with Crippen molar-refractivity contribution in [3.05, 3.63) is 79.7 Å². The number of ether oxygens (including phenoxy) is 1. The molecule has 0 aromatic rings. The lowest BCUT2D eigenvalue weighted by Crippen LogP contribution is -2.24. The Morgan fingerprint density at radius 1 is 1.31 bits per heavy atom. The van der Waals surface area contributed by atoms with E-state index in [2.05, 4.69) is 0 Å². The van der Waals surface area contributed by atoms with Gasteiger partial charge in [0.1, 0.15) is 5.83 Å². The fourth-order valence-corrected chi connectivity index (χ4v) is 5.67. The van der Waals surface area contributed by atoms with Crippen molar-refractivity contribution >= 4 is 17.6 Å². The summed E-state index contributed by atoms with van der Waals surface area (Å²) in [6.45, 7) is 1.97. The summed E-state index contributed by atoms with van der Waals surface area (Å²) in [4.78, 5) is 24.3. The van der Waals surface area contributed by atoms with Crippen LogP contribution in [0.3, 0.4) is 0 Å². The maximum absolute atomic E-state index is 15.0. The van der Waals surface area contributed by atoms with Crippen LogP contribution >= 0.6 is 11.6 Å². The molecule has 4 aliphatic rings. The van der Waals surface area contributed by atoms with Crippen molar-refractivity contribution < 1.29 is 18.8 Å². The molecule has 0 radical (unpaired) electrons. The molecule has 0 heterocycles. The first-order valence-corrected chi connectivity index (χ1v) is 11.6. The van der Waals surface area contributed by atoms with E-state index in [9.17, 15) is 19.3 Å². The zero-order chi connectivity index (χ0) is 22.8. The highest BCUT2D eigenvalue weighted by molar-refractivity contribution is 6.31. The number of halogens is 2. The Morgan fingerprint density at radius 3 is 2.84 bits per heavy atom. The highest BCUT2D eigenvalue weighted by Gasteiger charge is 2.46. The lowest BCUT2D eigenvalue weighted by atomic mass is 9.77. The van der Waals surface area contributed by atoms with Gasteiger partial charge in [0, 0.05) is 33.8 Å². The molecule has 0 aliphatic heterocycles. The number of nitro groups is 1. The van der Waals surface area contributed by atoms with Gasteiger partial charge in [-0.05, 0) is 74.3 Å². The van der Waals surface area contributed by atoms with Crippen LogP contribution in [0.5, 0.6) is 0 Å². The second-order valence-corrected chi connectivity index (χ2v) is 9.15. The van der Waals surface area contributed by atoms with Crippen molar-refractivity contribution in [3.8, 4) is 0 Å². The molecule has 4 rings (SSSR count). The topological polar surface area (TPSA) is 69.4 Å². The lowest BCUT2D eigenvalue weighted by Gasteiger charge is -2.27. The third-order valence-corrected chi connectivity index (χ3v) is 7.05. The van der Waals surface area contributed by atoms with E-state index < -0.39 is 12.0 Å². The molecule has 170 valence electrons. The minimum absolute atomic E-state index is 0.0741. The van der Waals surface area contributed by atoms with Crippen molar-refractivity contribution in [2.75, 3.05) is 6.61 Å². The first kappa shape index (κ1) is 22.7. The molecule has 0 aromatic heterocycles. The van der Waals surface area contributed by atoms with Crippen molar-refractivity contribution in [2.24, 2.45) is 17.8 Å². The predicted molar refractivity (Wildman–Crippen MR) is 121 cm³/mol. The van der Waals surface area contributed by atoms with Crippen molar-refractivity contribution in [3.63, 3.8) is 0 Å². The highest BCUT2D eigenvalue weighted by Crippen LogP contribution is 2.53. The second kappa shape index (κ2) is 9.57. The van der Waals surface area contributed by atoms with E-state index in [4.69, 9.17) is 16.3 Å². The van der Waals surface area contributed by atoms with Crippen LogP contribution in [-0.2, 0) is 9.53 Å². The Bertz CT molecular complexity index is 1000. The molecule has 4 atom stereocenters. The number of hydrogen-bond acceptors (Lipinski definition) is 4. The van der Waals surface area contributed by atoms with Crippen molar-refractivity contribution in [1.82, 2.24) is 0 Å². The van der Waals surface area contributed by atoms with E-state index in [0.717, 1.165) is 18.4 Å². The molecule has 7 heteroatoms. The Labute approximate surface area is 192 Å². The summed E-state index contributed by atoms with van der Waals surface area (Å²) in [6, 6.07) is -0.690. The van der Waals surface area contributed by atoms with Gasteiger partial charge in [-0.15, -0.1) is 0 Å². The zero-order valence-corrected chi connectivity index (χ0v) is 18.8. The molecular weight excluding hydrogens is 433 g/mol. The number of rotatable bonds is 6. The molecule has 0 bridgehead atoms. The van der Waals surface area contributed by atoms with Gasteiger partial charge < -0.3 is 4.74 Å².